The molecule has 0 saturated heterocycles. The number of nitriles is 1. The van der Waals surface area contributed by atoms with Crippen molar-refractivity contribution in [3.63, 3.8) is 0 Å². The van der Waals surface area contributed by atoms with Gasteiger partial charge in [0.05, 0.1) is 5.57 Å². The van der Waals surface area contributed by atoms with E-state index in [1.165, 1.54) is 5.56 Å². The van der Waals surface area contributed by atoms with Crippen LogP contribution in [0, 0.1) is 24.2 Å². The molecule has 1 fully saturated rings. The first kappa shape index (κ1) is 14.3. The molecule has 1 aromatic heterocycles. The number of pyridine rings is 1. The second kappa shape index (κ2) is 6.44. The Bertz CT molecular complexity index is 707. The van der Waals surface area contributed by atoms with Crippen molar-refractivity contribution in [1.82, 2.24) is 4.98 Å². The molecule has 0 amide bonds. The largest absolute Gasteiger partial charge is 0.492 e. The Labute approximate surface area is 130 Å². The zero-order chi connectivity index (χ0) is 15.4. The monoisotopic (exact) mass is 290 g/mol. The molecule has 1 aromatic carbocycles. The second-order valence-corrected chi connectivity index (χ2v) is 5.64. The minimum Gasteiger partial charge on any atom is -0.492 e. The molecule has 3 nitrogen and oxygen atoms in total. The van der Waals surface area contributed by atoms with E-state index in [0.29, 0.717) is 18.1 Å². The highest BCUT2D eigenvalue weighted by molar-refractivity contribution is 5.78. The lowest BCUT2D eigenvalue weighted by molar-refractivity contribution is 0.186. The normalized spacial score (nSPS) is 14.9. The number of rotatable bonds is 5. The number of aromatic nitrogens is 1. The number of allylic oxidation sites excluding steroid dienone is 2. The SMILES string of the molecule is Cc1ccc(CO/C(=C(\C#N)c2cccnc2)C2CC2)cc1. The van der Waals surface area contributed by atoms with Crippen LogP contribution < -0.4 is 0 Å². The molecule has 22 heavy (non-hydrogen) atoms. The van der Waals surface area contributed by atoms with Crippen LogP contribution in [-0.2, 0) is 11.3 Å². The minimum absolute atomic E-state index is 0.375. The number of hydrogen-bond acceptors (Lipinski definition) is 3. The lowest BCUT2D eigenvalue weighted by Gasteiger charge is -2.13. The topological polar surface area (TPSA) is 45.9 Å². The van der Waals surface area contributed by atoms with Gasteiger partial charge in [0.1, 0.15) is 18.4 Å². The van der Waals surface area contributed by atoms with Gasteiger partial charge in [-0.3, -0.25) is 4.98 Å². The summed E-state index contributed by atoms with van der Waals surface area (Å²) in [5.41, 5.74) is 3.79. The van der Waals surface area contributed by atoms with Gasteiger partial charge in [0.15, 0.2) is 0 Å². The van der Waals surface area contributed by atoms with Gasteiger partial charge in [-0.1, -0.05) is 35.9 Å². The summed E-state index contributed by atoms with van der Waals surface area (Å²) >= 11 is 0. The van der Waals surface area contributed by atoms with E-state index < -0.39 is 0 Å². The smallest absolute Gasteiger partial charge is 0.118 e. The van der Waals surface area contributed by atoms with E-state index in [1.54, 1.807) is 12.4 Å². The summed E-state index contributed by atoms with van der Waals surface area (Å²) in [6, 6.07) is 14.3. The number of benzene rings is 1. The van der Waals surface area contributed by atoms with Gasteiger partial charge in [-0.05, 0) is 31.4 Å². The van der Waals surface area contributed by atoms with Crippen LogP contribution in [0.3, 0.4) is 0 Å². The first-order valence-corrected chi connectivity index (χ1v) is 7.51. The number of aryl methyl sites for hydroxylation is 1. The first-order chi connectivity index (χ1) is 10.8. The van der Waals surface area contributed by atoms with Crippen molar-refractivity contribution in [3.05, 3.63) is 71.2 Å². The summed E-state index contributed by atoms with van der Waals surface area (Å²) in [6.45, 7) is 2.56. The van der Waals surface area contributed by atoms with E-state index in [2.05, 4.69) is 42.2 Å². The van der Waals surface area contributed by atoms with Crippen LogP contribution in [0.5, 0.6) is 0 Å². The Balaban J connectivity index is 1.84. The Morgan fingerprint density at radius 1 is 1.27 bits per heavy atom. The standard InChI is InChI=1S/C19H18N2O/c1-14-4-6-15(7-5-14)13-22-19(16-8-9-16)18(11-20)17-3-2-10-21-12-17/h2-7,10,12,16H,8-9,13H2,1H3/b19-18+. The zero-order valence-corrected chi connectivity index (χ0v) is 12.6. The van der Waals surface area contributed by atoms with Crippen LogP contribution in [0.15, 0.2) is 54.6 Å². The number of hydrogen-bond donors (Lipinski definition) is 0. The first-order valence-electron chi connectivity index (χ1n) is 7.51. The second-order valence-electron chi connectivity index (χ2n) is 5.64. The fourth-order valence-electron chi connectivity index (χ4n) is 2.36. The van der Waals surface area contributed by atoms with Crippen LogP contribution in [0.25, 0.3) is 5.57 Å². The minimum atomic E-state index is 0.375. The molecule has 1 aliphatic rings. The fourth-order valence-corrected chi connectivity index (χ4v) is 2.36. The summed E-state index contributed by atoms with van der Waals surface area (Å²) in [5.74, 6) is 1.19. The quantitative estimate of drug-likeness (QED) is 0.611. The molecule has 1 aliphatic carbocycles. The molecule has 0 unspecified atom stereocenters. The predicted octanol–water partition coefficient (Wildman–Crippen LogP) is 4.25. The molecule has 0 N–H and O–H groups in total. The maximum Gasteiger partial charge on any atom is 0.118 e. The van der Waals surface area contributed by atoms with Crippen molar-refractivity contribution in [1.29, 1.82) is 5.26 Å². The molecular weight excluding hydrogens is 272 g/mol. The van der Waals surface area contributed by atoms with Crippen LogP contribution in [-0.4, -0.2) is 4.98 Å². The Morgan fingerprint density at radius 2 is 2.05 bits per heavy atom. The van der Waals surface area contributed by atoms with Crippen LogP contribution in [0.4, 0.5) is 0 Å². The van der Waals surface area contributed by atoms with E-state index in [-0.39, 0.29) is 0 Å². The highest BCUT2D eigenvalue weighted by atomic mass is 16.5. The average Bonchev–Trinajstić information content (AvgIpc) is 3.38. The van der Waals surface area contributed by atoms with E-state index >= 15 is 0 Å². The van der Waals surface area contributed by atoms with Crippen molar-refractivity contribution >= 4 is 5.57 Å². The van der Waals surface area contributed by atoms with Gasteiger partial charge in [-0.2, -0.15) is 5.26 Å². The van der Waals surface area contributed by atoms with Crippen molar-refractivity contribution in [2.24, 2.45) is 5.92 Å². The molecule has 0 atom stereocenters. The molecule has 2 aromatic rings. The Hall–Kier alpha value is -2.60. The van der Waals surface area contributed by atoms with Gasteiger partial charge in [-0.25, -0.2) is 0 Å². The van der Waals surface area contributed by atoms with Crippen molar-refractivity contribution < 1.29 is 4.74 Å². The number of nitrogens with zero attached hydrogens (tertiary/aromatic N) is 2. The summed E-state index contributed by atoms with van der Waals surface area (Å²) < 4.78 is 6.03. The Morgan fingerprint density at radius 3 is 2.64 bits per heavy atom. The molecule has 0 radical (unpaired) electrons. The van der Waals surface area contributed by atoms with Crippen molar-refractivity contribution in [3.8, 4) is 6.07 Å². The molecule has 1 heterocycles. The lowest BCUT2D eigenvalue weighted by Crippen LogP contribution is -2.00. The predicted molar refractivity (Wildman–Crippen MR) is 85.5 cm³/mol. The molecule has 1 saturated carbocycles. The summed E-state index contributed by atoms with van der Waals surface area (Å²) in [6.07, 6.45) is 5.61. The van der Waals surface area contributed by atoms with Crippen molar-refractivity contribution in [2.75, 3.05) is 0 Å². The molecule has 110 valence electrons. The van der Waals surface area contributed by atoms with E-state index in [0.717, 1.165) is 29.7 Å². The van der Waals surface area contributed by atoms with Gasteiger partial charge >= 0.3 is 0 Å². The van der Waals surface area contributed by atoms with Gasteiger partial charge < -0.3 is 4.74 Å². The number of ether oxygens (including phenoxy) is 1. The van der Waals surface area contributed by atoms with E-state index in [9.17, 15) is 5.26 Å². The van der Waals surface area contributed by atoms with Gasteiger partial charge in [0, 0.05) is 23.9 Å². The third-order valence-corrected chi connectivity index (χ3v) is 3.77. The van der Waals surface area contributed by atoms with Crippen LogP contribution >= 0.6 is 0 Å². The van der Waals surface area contributed by atoms with E-state index in [4.69, 9.17) is 4.74 Å². The summed E-state index contributed by atoms with van der Waals surface area (Å²) in [5, 5.41) is 9.54. The molecule has 3 rings (SSSR count). The Kier molecular flexibility index (Phi) is 4.20. The maximum absolute atomic E-state index is 9.54. The van der Waals surface area contributed by atoms with E-state index in [1.807, 2.05) is 12.1 Å². The van der Waals surface area contributed by atoms with Gasteiger partial charge in [0.2, 0.25) is 0 Å². The fraction of sp³-hybridized carbons (Fsp3) is 0.263. The van der Waals surface area contributed by atoms with Gasteiger partial charge in [0.25, 0.3) is 0 Å². The van der Waals surface area contributed by atoms with Crippen molar-refractivity contribution in [2.45, 2.75) is 26.4 Å². The molecule has 3 heteroatoms. The third kappa shape index (κ3) is 3.35. The summed E-state index contributed by atoms with van der Waals surface area (Å²) in [7, 11) is 0. The maximum atomic E-state index is 9.54. The molecule has 0 bridgehead atoms. The molecule has 0 spiro atoms. The lowest BCUT2D eigenvalue weighted by atomic mass is 10.1. The zero-order valence-electron chi connectivity index (χ0n) is 12.6. The highest BCUT2D eigenvalue weighted by Gasteiger charge is 2.31. The summed E-state index contributed by atoms with van der Waals surface area (Å²) in [4.78, 5) is 4.10. The average molecular weight is 290 g/mol. The van der Waals surface area contributed by atoms with Crippen LogP contribution in [0.2, 0.25) is 0 Å². The van der Waals surface area contributed by atoms with Crippen LogP contribution in [0.1, 0.15) is 29.5 Å². The molecular formula is C19H18N2O. The third-order valence-electron chi connectivity index (χ3n) is 3.77. The molecule has 0 aliphatic heterocycles. The van der Waals surface area contributed by atoms with Gasteiger partial charge in [-0.15, -0.1) is 0 Å². The highest BCUT2D eigenvalue weighted by Crippen LogP contribution is 2.41.